The van der Waals surface area contributed by atoms with Crippen LogP contribution < -0.4 is 5.32 Å². The van der Waals surface area contributed by atoms with Gasteiger partial charge in [0.2, 0.25) is 5.91 Å². The Labute approximate surface area is 137 Å². The summed E-state index contributed by atoms with van der Waals surface area (Å²) in [5, 5.41) is 3.88. The summed E-state index contributed by atoms with van der Waals surface area (Å²) in [5.41, 5.74) is 1.18. The van der Waals surface area contributed by atoms with Crippen molar-refractivity contribution in [1.82, 2.24) is 10.2 Å². The average molecular weight is 325 g/mol. The second kappa shape index (κ2) is 9.13. The lowest BCUT2D eigenvalue weighted by molar-refractivity contribution is -0.132. The van der Waals surface area contributed by atoms with Gasteiger partial charge in [-0.25, -0.2) is 0 Å². The van der Waals surface area contributed by atoms with Crippen molar-refractivity contribution >= 4 is 17.5 Å². The molecule has 0 aliphatic carbocycles. The summed E-state index contributed by atoms with van der Waals surface area (Å²) in [7, 11) is 1.66. The van der Waals surface area contributed by atoms with Crippen molar-refractivity contribution in [3.05, 3.63) is 34.9 Å². The molecular weight excluding hydrogens is 300 g/mol. The van der Waals surface area contributed by atoms with E-state index < -0.39 is 0 Å². The highest BCUT2D eigenvalue weighted by Crippen LogP contribution is 2.30. The van der Waals surface area contributed by atoms with Crippen molar-refractivity contribution in [2.45, 2.75) is 31.7 Å². The van der Waals surface area contributed by atoms with Crippen LogP contribution in [0.5, 0.6) is 0 Å². The number of nitrogens with zero attached hydrogens (tertiary/aromatic N) is 1. The molecule has 5 heteroatoms. The Balaban J connectivity index is 2.03. The molecule has 122 valence electrons. The van der Waals surface area contributed by atoms with E-state index in [2.05, 4.69) is 5.32 Å². The third-order valence-electron chi connectivity index (χ3n) is 4.09. The maximum atomic E-state index is 12.6. The van der Waals surface area contributed by atoms with Gasteiger partial charge >= 0.3 is 0 Å². The molecule has 1 aliphatic heterocycles. The molecule has 0 saturated carbocycles. The van der Waals surface area contributed by atoms with Crippen LogP contribution in [0.3, 0.4) is 0 Å². The first kappa shape index (κ1) is 17.3. The maximum absolute atomic E-state index is 12.6. The lowest BCUT2D eigenvalue weighted by Crippen LogP contribution is -2.41. The number of benzene rings is 1. The molecule has 1 aromatic carbocycles. The number of carbonyl (C=O) groups excluding carboxylic acids is 1. The summed E-state index contributed by atoms with van der Waals surface area (Å²) in [4.78, 5) is 14.6. The largest absolute Gasteiger partial charge is 0.383 e. The minimum atomic E-state index is 0.163. The molecule has 1 amide bonds. The normalized spacial score (nSPS) is 19.0. The van der Waals surface area contributed by atoms with Crippen molar-refractivity contribution in [2.75, 3.05) is 33.4 Å². The summed E-state index contributed by atoms with van der Waals surface area (Å²) >= 11 is 5.98. The van der Waals surface area contributed by atoms with Crippen molar-refractivity contribution in [3.8, 4) is 0 Å². The lowest BCUT2D eigenvalue weighted by atomic mass is 10.0. The van der Waals surface area contributed by atoms with Crippen molar-refractivity contribution < 1.29 is 9.53 Å². The Morgan fingerprint density at radius 3 is 2.82 bits per heavy atom. The summed E-state index contributed by atoms with van der Waals surface area (Å²) in [6.07, 6.45) is 4.44. The molecule has 4 nitrogen and oxygen atoms in total. The molecule has 1 aliphatic rings. The molecule has 1 atom stereocenters. The van der Waals surface area contributed by atoms with Crippen molar-refractivity contribution in [1.29, 1.82) is 0 Å². The van der Waals surface area contributed by atoms with Crippen LogP contribution in [0.25, 0.3) is 0 Å². The van der Waals surface area contributed by atoms with Crippen molar-refractivity contribution in [3.63, 3.8) is 0 Å². The van der Waals surface area contributed by atoms with E-state index in [1.807, 2.05) is 29.2 Å². The smallest absolute Gasteiger partial charge is 0.237 e. The van der Waals surface area contributed by atoms with Crippen LogP contribution in [0.1, 0.15) is 37.3 Å². The first-order valence-corrected chi connectivity index (χ1v) is 8.34. The molecule has 0 radical (unpaired) electrons. The molecule has 1 unspecified atom stereocenters. The van der Waals surface area contributed by atoms with E-state index in [1.54, 1.807) is 7.11 Å². The summed E-state index contributed by atoms with van der Waals surface area (Å²) < 4.78 is 4.99. The van der Waals surface area contributed by atoms with Gasteiger partial charge in [0.05, 0.1) is 19.2 Å². The molecular formula is C17H25ClN2O2. The van der Waals surface area contributed by atoms with E-state index in [0.29, 0.717) is 19.7 Å². The van der Waals surface area contributed by atoms with Gasteiger partial charge in [-0.3, -0.25) is 4.79 Å². The molecule has 2 rings (SSSR count). The van der Waals surface area contributed by atoms with Crippen LogP contribution >= 0.6 is 11.6 Å². The number of amides is 1. The van der Waals surface area contributed by atoms with Gasteiger partial charge in [0.25, 0.3) is 0 Å². The molecule has 1 aromatic rings. The quantitative estimate of drug-likeness (QED) is 0.818. The Morgan fingerprint density at radius 2 is 2.09 bits per heavy atom. The van der Waals surface area contributed by atoms with Gasteiger partial charge in [0.1, 0.15) is 0 Å². The van der Waals surface area contributed by atoms with E-state index >= 15 is 0 Å². The summed E-state index contributed by atoms with van der Waals surface area (Å²) in [6, 6.07) is 8.05. The minimum absolute atomic E-state index is 0.163. The van der Waals surface area contributed by atoms with E-state index in [4.69, 9.17) is 16.3 Å². The monoisotopic (exact) mass is 324 g/mol. The highest BCUT2D eigenvalue weighted by atomic mass is 35.5. The van der Waals surface area contributed by atoms with Crippen LogP contribution in [0.2, 0.25) is 5.02 Å². The third kappa shape index (κ3) is 4.97. The summed E-state index contributed by atoms with van der Waals surface area (Å²) in [6.45, 7) is 2.51. The van der Waals surface area contributed by atoms with Crippen LogP contribution in [-0.2, 0) is 9.53 Å². The third-order valence-corrected chi connectivity index (χ3v) is 4.34. The first-order valence-electron chi connectivity index (χ1n) is 7.97. The fourth-order valence-electron chi connectivity index (χ4n) is 2.91. The van der Waals surface area contributed by atoms with Gasteiger partial charge in [0, 0.05) is 25.2 Å². The van der Waals surface area contributed by atoms with Gasteiger partial charge in [0.15, 0.2) is 0 Å². The Morgan fingerprint density at radius 1 is 1.32 bits per heavy atom. The number of carbonyl (C=O) groups is 1. The van der Waals surface area contributed by atoms with E-state index in [-0.39, 0.29) is 11.9 Å². The Bertz CT molecular complexity index is 464. The number of hydrogen-bond donors (Lipinski definition) is 1. The first-order chi connectivity index (χ1) is 10.7. The van der Waals surface area contributed by atoms with Crippen LogP contribution in [0.15, 0.2) is 24.3 Å². The van der Waals surface area contributed by atoms with Gasteiger partial charge in [-0.1, -0.05) is 36.6 Å². The predicted molar refractivity (Wildman–Crippen MR) is 89.1 cm³/mol. The predicted octanol–water partition coefficient (Wildman–Crippen LogP) is 3.02. The number of ether oxygens (including phenoxy) is 1. The van der Waals surface area contributed by atoms with Crippen LogP contribution in [-0.4, -0.2) is 44.2 Å². The minimum Gasteiger partial charge on any atom is -0.383 e. The second-order valence-electron chi connectivity index (χ2n) is 5.67. The zero-order valence-corrected chi connectivity index (χ0v) is 13.9. The zero-order chi connectivity index (χ0) is 15.8. The van der Waals surface area contributed by atoms with E-state index in [1.165, 1.54) is 12.0 Å². The standard InChI is InChI=1S/C17H25ClN2O2/c1-22-12-10-19-13-17(21)20-11-4-2-3-5-16(20)14-6-8-15(18)9-7-14/h6-9,16,19H,2-5,10-13H2,1H3. The lowest BCUT2D eigenvalue weighted by Gasteiger charge is -2.30. The van der Waals surface area contributed by atoms with Gasteiger partial charge in [-0.15, -0.1) is 0 Å². The molecule has 0 spiro atoms. The van der Waals surface area contributed by atoms with Gasteiger partial charge < -0.3 is 15.0 Å². The number of rotatable bonds is 6. The fourth-order valence-corrected chi connectivity index (χ4v) is 3.04. The second-order valence-corrected chi connectivity index (χ2v) is 6.11. The molecule has 0 bridgehead atoms. The van der Waals surface area contributed by atoms with Gasteiger partial charge in [-0.2, -0.15) is 0 Å². The molecule has 1 heterocycles. The van der Waals surface area contributed by atoms with E-state index in [9.17, 15) is 4.79 Å². The SMILES string of the molecule is COCCNCC(=O)N1CCCCCC1c1ccc(Cl)cc1. The topological polar surface area (TPSA) is 41.6 Å². The number of nitrogens with one attached hydrogen (secondary N) is 1. The van der Waals surface area contributed by atoms with E-state index in [0.717, 1.165) is 30.8 Å². The number of methoxy groups -OCH3 is 1. The maximum Gasteiger partial charge on any atom is 0.237 e. The van der Waals surface area contributed by atoms with Gasteiger partial charge in [-0.05, 0) is 30.5 Å². The molecule has 0 aromatic heterocycles. The molecule has 22 heavy (non-hydrogen) atoms. The van der Waals surface area contributed by atoms with Crippen molar-refractivity contribution in [2.24, 2.45) is 0 Å². The number of hydrogen-bond acceptors (Lipinski definition) is 3. The summed E-state index contributed by atoms with van der Waals surface area (Å²) in [5.74, 6) is 0.165. The Kier molecular flexibility index (Phi) is 7.16. The highest BCUT2D eigenvalue weighted by Gasteiger charge is 2.26. The average Bonchev–Trinajstić information content (AvgIpc) is 2.78. The highest BCUT2D eigenvalue weighted by molar-refractivity contribution is 6.30. The number of likely N-dealkylation sites (tertiary alicyclic amines) is 1. The van der Waals surface area contributed by atoms with Crippen LogP contribution in [0, 0.1) is 0 Å². The molecule has 1 saturated heterocycles. The zero-order valence-electron chi connectivity index (χ0n) is 13.2. The fraction of sp³-hybridized carbons (Fsp3) is 0.588. The molecule has 1 fully saturated rings. The Hall–Kier alpha value is -1.10. The molecule has 1 N–H and O–H groups in total. The van der Waals surface area contributed by atoms with Crippen LogP contribution in [0.4, 0.5) is 0 Å². The number of halogens is 1.